The number of carbonyl (C=O) groups is 2. The largest absolute Gasteiger partial charge is 0.387 e. The van der Waals surface area contributed by atoms with Crippen LogP contribution in [0.25, 0.3) is 0 Å². The van der Waals surface area contributed by atoms with Gasteiger partial charge in [0.2, 0.25) is 5.91 Å². The molecule has 1 spiro atoms. The second kappa shape index (κ2) is 12.6. The van der Waals surface area contributed by atoms with E-state index in [0.717, 1.165) is 31.3 Å². The molecule has 3 saturated heterocycles. The van der Waals surface area contributed by atoms with Crippen molar-refractivity contribution in [2.75, 3.05) is 6.61 Å². The number of aliphatic hydroxyl groups excluding tert-OH is 1. The Hall–Kier alpha value is -1.80. The van der Waals surface area contributed by atoms with Gasteiger partial charge in [0.25, 0.3) is 0 Å². The summed E-state index contributed by atoms with van der Waals surface area (Å²) in [5.74, 6) is 1.41. The molecule has 4 aliphatic rings. The third-order valence-electron chi connectivity index (χ3n) is 8.35. The normalized spacial score (nSPS) is 37.9. The van der Waals surface area contributed by atoms with Crippen LogP contribution in [-0.2, 0) is 23.8 Å². The molecule has 7 heteroatoms. The Kier molecular flexibility index (Phi) is 9.67. The van der Waals surface area contributed by atoms with Gasteiger partial charge in [-0.05, 0) is 63.4 Å². The Morgan fingerprint density at radius 3 is 2.53 bits per heavy atom. The van der Waals surface area contributed by atoms with E-state index in [-0.39, 0.29) is 36.0 Å². The minimum atomic E-state index is -0.730. The molecule has 1 saturated carbocycles. The van der Waals surface area contributed by atoms with Crippen molar-refractivity contribution in [2.45, 2.75) is 122 Å². The predicted octanol–water partition coefficient (Wildman–Crippen LogP) is 4.44. The number of epoxide rings is 1. The monoisotopic (exact) mass is 529 g/mol. The van der Waals surface area contributed by atoms with E-state index in [9.17, 15) is 14.7 Å². The summed E-state index contributed by atoms with van der Waals surface area (Å²) in [6.07, 6.45) is 13.8. The lowest BCUT2D eigenvalue weighted by molar-refractivity contribution is -0.144. The van der Waals surface area contributed by atoms with Gasteiger partial charge in [0, 0.05) is 19.3 Å². The Morgan fingerprint density at radius 2 is 1.87 bits per heavy atom. The summed E-state index contributed by atoms with van der Waals surface area (Å²) in [5.41, 5.74) is 0.504. The first-order valence-corrected chi connectivity index (χ1v) is 14.5. The molecule has 0 unspecified atom stereocenters. The number of allylic oxidation sites excluding steroid dienone is 3. The number of hydrogen-bond donors (Lipinski definition) is 2. The van der Waals surface area contributed by atoms with Gasteiger partial charge in [0.05, 0.1) is 31.0 Å². The summed E-state index contributed by atoms with van der Waals surface area (Å²) in [6.45, 7) is 10.8. The summed E-state index contributed by atoms with van der Waals surface area (Å²) in [4.78, 5) is 24.6. The lowest BCUT2D eigenvalue weighted by Crippen LogP contribution is -2.50. The Labute approximate surface area is 228 Å². The molecule has 1 amide bonds. The topological polar surface area (TPSA) is 97.4 Å². The molecule has 7 nitrogen and oxygen atoms in total. The number of Topliss-reactive ketones (excluding diaryl/α,β-unsaturated/α-hetero) is 1. The summed E-state index contributed by atoms with van der Waals surface area (Å²) in [5, 5.41) is 14.0. The summed E-state index contributed by atoms with van der Waals surface area (Å²) in [7, 11) is 0. The molecule has 8 atom stereocenters. The molecule has 212 valence electrons. The maximum Gasteiger partial charge on any atom is 0.243 e. The van der Waals surface area contributed by atoms with Crippen LogP contribution in [0.1, 0.15) is 79.6 Å². The van der Waals surface area contributed by atoms with Gasteiger partial charge in [0.15, 0.2) is 0 Å². The highest BCUT2D eigenvalue weighted by molar-refractivity contribution is 5.87. The van der Waals surface area contributed by atoms with Crippen LogP contribution in [0, 0.1) is 17.8 Å². The third kappa shape index (κ3) is 8.10. The SMILES string of the molecule is CC(/C=C/[C@H]1O[C@H](CC(=O)CC2CC2)C[C@@]2(CO2)[C@@H]1O)=C\C[C@@H]1O[C@H](C)[C@H](NC(=O)/C=C\C(C)C)C[C@@H]1C. The fourth-order valence-corrected chi connectivity index (χ4v) is 5.62. The van der Waals surface area contributed by atoms with Gasteiger partial charge in [-0.3, -0.25) is 9.59 Å². The van der Waals surface area contributed by atoms with Crippen molar-refractivity contribution < 1.29 is 28.9 Å². The van der Waals surface area contributed by atoms with E-state index in [1.165, 1.54) is 0 Å². The van der Waals surface area contributed by atoms with Crippen LogP contribution in [-0.4, -0.2) is 65.6 Å². The number of rotatable bonds is 11. The van der Waals surface area contributed by atoms with Crippen molar-refractivity contribution in [1.82, 2.24) is 5.32 Å². The first-order chi connectivity index (χ1) is 18.0. The number of ketones is 1. The minimum absolute atomic E-state index is 0.00142. The van der Waals surface area contributed by atoms with Crippen LogP contribution in [0.4, 0.5) is 0 Å². The standard InChI is InChI=1S/C31H47NO6/c1-19(2)6-13-29(34)32-26-14-21(4)27(37-22(26)5)11-7-20(3)8-12-28-30(35)31(18-36-31)17-25(38-28)16-24(33)15-23-9-10-23/h6-8,12-13,19,21-23,25-28,30,35H,9-11,14-18H2,1-5H3,(H,32,34)/b12-8+,13-6-,20-7+/t21-,22+,25+,26+,27-,28+,30+,31+/m0/s1. The molecule has 2 N–H and O–H groups in total. The fourth-order valence-electron chi connectivity index (χ4n) is 5.62. The van der Waals surface area contributed by atoms with Crippen molar-refractivity contribution in [3.05, 3.63) is 36.0 Å². The van der Waals surface area contributed by atoms with E-state index in [1.807, 2.05) is 45.9 Å². The minimum Gasteiger partial charge on any atom is -0.387 e. The number of nitrogens with one attached hydrogen (secondary N) is 1. The van der Waals surface area contributed by atoms with Crippen LogP contribution in [0.5, 0.6) is 0 Å². The van der Waals surface area contributed by atoms with E-state index in [4.69, 9.17) is 14.2 Å². The first-order valence-electron chi connectivity index (χ1n) is 14.5. The highest BCUT2D eigenvalue weighted by atomic mass is 16.6. The van der Waals surface area contributed by atoms with Gasteiger partial charge in [-0.15, -0.1) is 0 Å². The van der Waals surface area contributed by atoms with Crippen molar-refractivity contribution in [2.24, 2.45) is 17.8 Å². The molecule has 3 aliphatic heterocycles. The maximum atomic E-state index is 12.4. The van der Waals surface area contributed by atoms with Crippen LogP contribution in [0.15, 0.2) is 36.0 Å². The van der Waals surface area contributed by atoms with Crippen molar-refractivity contribution in [3.63, 3.8) is 0 Å². The highest BCUT2D eigenvalue weighted by Crippen LogP contribution is 2.44. The van der Waals surface area contributed by atoms with Gasteiger partial charge in [-0.1, -0.05) is 50.6 Å². The molecule has 0 radical (unpaired) electrons. The van der Waals surface area contributed by atoms with Gasteiger partial charge < -0.3 is 24.6 Å². The number of aliphatic hydroxyl groups is 1. The molecule has 0 aromatic carbocycles. The average molecular weight is 530 g/mol. The maximum absolute atomic E-state index is 12.4. The van der Waals surface area contributed by atoms with Crippen LogP contribution < -0.4 is 5.32 Å². The molecule has 3 heterocycles. The van der Waals surface area contributed by atoms with Crippen LogP contribution in [0.3, 0.4) is 0 Å². The zero-order valence-corrected chi connectivity index (χ0v) is 23.7. The number of hydrogen-bond acceptors (Lipinski definition) is 6. The lowest BCUT2D eigenvalue weighted by Gasteiger charge is -2.39. The predicted molar refractivity (Wildman–Crippen MR) is 146 cm³/mol. The molecule has 0 aromatic rings. The van der Waals surface area contributed by atoms with Crippen molar-refractivity contribution in [1.29, 1.82) is 0 Å². The van der Waals surface area contributed by atoms with E-state index >= 15 is 0 Å². The Morgan fingerprint density at radius 1 is 1.13 bits per heavy atom. The van der Waals surface area contributed by atoms with Crippen LogP contribution in [0.2, 0.25) is 0 Å². The zero-order chi connectivity index (χ0) is 27.4. The van der Waals surface area contributed by atoms with Crippen molar-refractivity contribution in [3.8, 4) is 0 Å². The van der Waals surface area contributed by atoms with E-state index in [2.05, 4.69) is 18.3 Å². The number of carbonyl (C=O) groups excluding carboxylic acids is 2. The molecule has 38 heavy (non-hydrogen) atoms. The highest BCUT2D eigenvalue weighted by Gasteiger charge is 2.58. The van der Waals surface area contributed by atoms with Crippen LogP contribution >= 0.6 is 0 Å². The molecule has 4 fully saturated rings. The van der Waals surface area contributed by atoms with Gasteiger partial charge in [0.1, 0.15) is 23.6 Å². The molecule has 1 aliphatic carbocycles. The van der Waals surface area contributed by atoms with Crippen molar-refractivity contribution >= 4 is 11.7 Å². The van der Waals surface area contributed by atoms with Gasteiger partial charge in [-0.2, -0.15) is 0 Å². The fraction of sp³-hybridized carbons (Fsp3) is 0.742. The van der Waals surface area contributed by atoms with E-state index in [1.54, 1.807) is 6.08 Å². The third-order valence-corrected chi connectivity index (χ3v) is 8.35. The van der Waals surface area contributed by atoms with Gasteiger partial charge in [-0.25, -0.2) is 0 Å². The Bertz CT molecular complexity index is 931. The van der Waals surface area contributed by atoms with E-state index < -0.39 is 17.8 Å². The number of amides is 1. The first kappa shape index (κ1) is 29.2. The molecular weight excluding hydrogens is 482 g/mol. The average Bonchev–Trinajstić information content (AvgIpc) is 3.78. The number of ether oxygens (including phenoxy) is 3. The van der Waals surface area contributed by atoms with E-state index in [0.29, 0.717) is 43.6 Å². The molecule has 0 bridgehead atoms. The smallest absolute Gasteiger partial charge is 0.243 e. The lowest BCUT2D eigenvalue weighted by atomic mass is 9.86. The second-order valence-electron chi connectivity index (χ2n) is 12.5. The molecular formula is C31H47NO6. The quantitative estimate of drug-likeness (QED) is 0.233. The Balaban J connectivity index is 1.27. The molecule has 0 aromatic heterocycles. The summed E-state index contributed by atoms with van der Waals surface area (Å²) >= 11 is 0. The summed E-state index contributed by atoms with van der Waals surface area (Å²) in [6, 6.07) is 0.00142. The second-order valence-corrected chi connectivity index (χ2v) is 12.5. The zero-order valence-electron chi connectivity index (χ0n) is 23.7. The summed E-state index contributed by atoms with van der Waals surface area (Å²) < 4.78 is 18.1. The molecule has 4 rings (SSSR count). The van der Waals surface area contributed by atoms with Gasteiger partial charge >= 0.3 is 0 Å².